The number of rotatable bonds is 0. The van der Waals surface area contributed by atoms with Gasteiger partial charge in [0.05, 0.1) is 0 Å². The quantitative estimate of drug-likeness (QED) is 0.549. The number of hydrogen-bond donors (Lipinski definition) is 2. The lowest BCUT2D eigenvalue weighted by Gasteiger charge is -2.26. The number of carbonyl (C=O) groups excluding carboxylic acids is 1. The maximum absolute atomic E-state index is 10.7. The highest BCUT2D eigenvalue weighted by molar-refractivity contribution is 5.85. The highest BCUT2D eigenvalue weighted by atomic mass is 35.5. The van der Waals surface area contributed by atoms with Crippen LogP contribution >= 0.6 is 12.4 Å². The van der Waals surface area contributed by atoms with Gasteiger partial charge in [0.1, 0.15) is 0 Å². The highest BCUT2D eigenvalue weighted by Crippen LogP contribution is 2.01. The van der Waals surface area contributed by atoms with Crippen LogP contribution in [-0.2, 0) is 0 Å². The first-order valence-corrected chi connectivity index (χ1v) is 3.25. The number of carbonyl (C=O) groups is 1. The van der Waals surface area contributed by atoms with E-state index in [1.807, 2.05) is 13.8 Å². The van der Waals surface area contributed by atoms with Gasteiger partial charge in [-0.1, -0.05) is 0 Å². The van der Waals surface area contributed by atoms with Crippen molar-refractivity contribution in [1.29, 1.82) is 0 Å². The molecule has 0 aromatic carbocycles. The minimum absolute atomic E-state index is 0. The second-order valence-electron chi connectivity index (χ2n) is 2.66. The molecular formula is C6H13ClN2O. The number of nitrogens with one attached hydrogen (secondary N) is 2. The second-order valence-corrected chi connectivity index (χ2v) is 2.66. The van der Waals surface area contributed by atoms with Gasteiger partial charge in [-0.05, 0) is 20.3 Å². The van der Waals surface area contributed by atoms with E-state index < -0.39 is 0 Å². The molecule has 2 amide bonds. The first-order chi connectivity index (χ1) is 4.18. The first-order valence-electron chi connectivity index (χ1n) is 3.25. The molecule has 1 aliphatic heterocycles. The summed E-state index contributed by atoms with van der Waals surface area (Å²) in [6.07, 6.45) is 1.02. The average molecular weight is 165 g/mol. The van der Waals surface area contributed by atoms with Gasteiger partial charge in [-0.15, -0.1) is 12.4 Å². The zero-order chi connectivity index (χ0) is 6.85. The second kappa shape index (κ2) is 3.66. The van der Waals surface area contributed by atoms with Crippen molar-refractivity contribution in [2.45, 2.75) is 32.4 Å². The maximum atomic E-state index is 10.7. The third-order valence-corrected chi connectivity index (χ3v) is 1.46. The number of urea groups is 1. The van der Waals surface area contributed by atoms with Gasteiger partial charge < -0.3 is 10.6 Å². The van der Waals surface area contributed by atoms with Gasteiger partial charge in [0.2, 0.25) is 0 Å². The number of halogens is 1. The van der Waals surface area contributed by atoms with Gasteiger partial charge in [0.15, 0.2) is 0 Å². The number of amides is 2. The first kappa shape index (κ1) is 9.56. The van der Waals surface area contributed by atoms with E-state index in [-0.39, 0.29) is 18.4 Å². The normalized spacial score (nSPS) is 31.6. The van der Waals surface area contributed by atoms with Crippen molar-refractivity contribution < 1.29 is 4.79 Å². The Kier molecular flexibility index (Phi) is 3.50. The molecule has 10 heavy (non-hydrogen) atoms. The van der Waals surface area contributed by atoms with Crippen molar-refractivity contribution in [3.05, 3.63) is 0 Å². The van der Waals surface area contributed by atoms with Gasteiger partial charge in [-0.3, -0.25) is 0 Å². The molecule has 1 aliphatic rings. The van der Waals surface area contributed by atoms with Gasteiger partial charge >= 0.3 is 6.03 Å². The minimum atomic E-state index is -0.0405. The van der Waals surface area contributed by atoms with E-state index in [4.69, 9.17) is 0 Å². The van der Waals surface area contributed by atoms with Crippen LogP contribution in [0.15, 0.2) is 0 Å². The Hall–Kier alpha value is -0.440. The molecule has 0 aromatic heterocycles. The molecule has 3 nitrogen and oxygen atoms in total. The predicted molar refractivity (Wildman–Crippen MR) is 42.5 cm³/mol. The van der Waals surface area contributed by atoms with E-state index in [1.54, 1.807) is 0 Å². The minimum Gasteiger partial charge on any atom is -0.336 e. The number of hydrogen-bond acceptors (Lipinski definition) is 1. The molecule has 0 aromatic rings. The summed E-state index contributed by atoms with van der Waals surface area (Å²) in [5, 5.41) is 5.52. The zero-order valence-electron chi connectivity index (χ0n) is 6.18. The Morgan fingerprint density at radius 3 is 2.00 bits per heavy atom. The Balaban J connectivity index is 0.000000810. The summed E-state index contributed by atoms with van der Waals surface area (Å²) >= 11 is 0. The Morgan fingerprint density at radius 1 is 1.30 bits per heavy atom. The summed E-state index contributed by atoms with van der Waals surface area (Å²) in [6, 6.07) is 0.615. The predicted octanol–water partition coefficient (Wildman–Crippen LogP) is 0.888. The van der Waals surface area contributed by atoms with Crippen LogP contribution in [0.4, 0.5) is 4.79 Å². The highest BCUT2D eigenvalue weighted by Gasteiger charge is 2.18. The van der Waals surface area contributed by atoms with E-state index >= 15 is 0 Å². The summed E-state index contributed by atoms with van der Waals surface area (Å²) in [7, 11) is 0. The summed E-state index contributed by atoms with van der Waals surface area (Å²) in [6.45, 7) is 4.02. The monoisotopic (exact) mass is 164 g/mol. The average Bonchev–Trinajstić information content (AvgIpc) is 1.59. The SMILES string of the molecule is CC1CC(C)NC(=O)N1.Cl. The molecule has 4 heteroatoms. The van der Waals surface area contributed by atoms with Crippen LogP contribution in [0.1, 0.15) is 20.3 Å². The van der Waals surface area contributed by atoms with Crippen molar-refractivity contribution >= 4 is 18.4 Å². The smallest absolute Gasteiger partial charge is 0.315 e. The van der Waals surface area contributed by atoms with Crippen molar-refractivity contribution in [3.8, 4) is 0 Å². The van der Waals surface area contributed by atoms with Crippen molar-refractivity contribution in [2.24, 2.45) is 0 Å². The summed E-state index contributed by atoms with van der Waals surface area (Å²) in [5.41, 5.74) is 0. The third kappa shape index (κ3) is 2.43. The molecule has 1 fully saturated rings. The molecule has 0 bridgehead atoms. The molecule has 0 aliphatic carbocycles. The molecular weight excluding hydrogens is 152 g/mol. The topological polar surface area (TPSA) is 41.1 Å². The van der Waals surface area contributed by atoms with Gasteiger partial charge in [-0.2, -0.15) is 0 Å². The lowest BCUT2D eigenvalue weighted by molar-refractivity contribution is 0.223. The molecule has 2 N–H and O–H groups in total. The van der Waals surface area contributed by atoms with Gasteiger partial charge in [0.25, 0.3) is 0 Å². The fourth-order valence-electron chi connectivity index (χ4n) is 1.14. The van der Waals surface area contributed by atoms with E-state index in [1.165, 1.54) is 0 Å². The Labute approximate surface area is 67.0 Å². The van der Waals surface area contributed by atoms with Crippen LogP contribution in [0.25, 0.3) is 0 Å². The largest absolute Gasteiger partial charge is 0.336 e. The van der Waals surface area contributed by atoms with Crippen molar-refractivity contribution in [3.63, 3.8) is 0 Å². The van der Waals surface area contributed by atoms with Crippen LogP contribution in [0.3, 0.4) is 0 Å². The van der Waals surface area contributed by atoms with Crippen LogP contribution in [0.2, 0.25) is 0 Å². The lowest BCUT2D eigenvalue weighted by atomic mass is 10.1. The fourth-order valence-corrected chi connectivity index (χ4v) is 1.14. The summed E-state index contributed by atoms with van der Waals surface area (Å²) in [4.78, 5) is 10.7. The molecule has 0 saturated carbocycles. The van der Waals surface area contributed by atoms with Crippen LogP contribution in [0.5, 0.6) is 0 Å². The molecule has 2 unspecified atom stereocenters. The molecule has 1 heterocycles. The molecule has 0 spiro atoms. The van der Waals surface area contributed by atoms with Crippen molar-refractivity contribution in [1.82, 2.24) is 10.6 Å². The molecule has 1 rings (SSSR count). The van der Waals surface area contributed by atoms with Gasteiger partial charge in [-0.25, -0.2) is 4.79 Å². The summed E-state index contributed by atoms with van der Waals surface area (Å²) < 4.78 is 0. The van der Waals surface area contributed by atoms with E-state index in [9.17, 15) is 4.79 Å². The zero-order valence-corrected chi connectivity index (χ0v) is 6.99. The maximum Gasteiger partial charge on any atom is 0.315 e. The lowest BCUT2D eigenvalue weighted by Crippen LogP contribution is -2.52. The standard InChI is InChI=1S/C6H12N2O.ClH/c1-4-3-5(2)8-6(9)7-4;/h4-5H,3H2,1-2H3,(H2,7,8,9);1H. The van der Waals surface area contributed by atoms with E-state index in [2.05, 4.69) is 10.6 Å². The van der Waals surface area contributed by atoms with E-state index in [0.717, 1.165) is 6.42 Å². The van der Waals surface area contributed by atoms with Crippen LogP contribution < -0.4 is 10.6 Å². The molecule has 0 radical (unpaired) electrons. The van der Waals surface area contributed by atoms with E-state index in [0.29, 0.717) is 12.1 Å². The Bertz CT molecular complexity index is 117. The molecule has 2 atom stereocenters. The molecule has 1 saturated heterocycles. The summed E-state index contributed by atoms with van der Waals surface area (Å²) in [5.74, 6) is 0. The van der Waals surface area contributed by atoms with Crippen molar-refractivity contribution in [2.75, 3.05) is 0 Å². The third-order valence-electron chi connectivity index (χ3n) is 1.46. The van der Waals surface area contributed by atoms with Crippen LogP contribution in [-0.4, -0.2) is 18.1 Å². The van der Waals surface area contributed by atoms with Crippen LogP contribution in [0, 0.1) is 0 Å². The van der Waals surface area contributed by atoms with Gasteiger partial charge in [0, 0.05) is 12.1 Å². The Morgan fingerprint density at radius 2 is 1.70 bits per heavy atom. The molecule has 60 valence electrons. The fraction of sp³-hybridized carbons (Fsp3) is 0.833.